The van der Waals surface area contributed by atoms with Crippen LogP contribution in [0.3, 0.4) is 0 Å². The minimum absolute atomic E-state index is 0.112. The first-order valence-corrected chi connectivity index (χ1v) is 9.64. The summed E-state index contributed by atoms with van der Waals surface area (Å²) < 4.78 is 54.4. The Morgan fingerprint density at radius 2 is 2.12 bits per heavy atom. The standard InChI is InChI=1S/C14H18BrF3N4O3S/c1-7(14(16,17)18)25-10-4-9(21-5-8(10)15)11(23)22-13(2,12(19)20)6-26(3)24/h4-5,7H,6H2,1-3H3,(H3,19,20)(H,22,23)/t7-,13?,26?/m0/s1. The van der Waals surface area contributed by atoms with E-state index >= 15 is 0 Å². The topological polar surface area (TPSA) is 118 Å². The van der Waals surface area contributed by atoms with Gasteiger partial charge in [-0.15, -0.1) is 0 Å². The SMILES string of the molecule is C[C@H](Oc1cc(C(=O)NC(C)(CS(C)=O)C(=N)N)ncc1Br)C(F)(F)F. The van der Waals surface area contributed by atoms with Gasteiger partial charge >= 0.3 is 6.18 Å². The zero-order chi connectivity index (χ0) is 20.3. The van der Waals surface area contributed by atoms with E-state index < -0.39 is 40.4 Å². The number of carbonyl (C=O) groups excluding carboxylic acids is 1. The van der Waals surface area contributed by atoms with Crippen LogP contribution >= 0.6 is 15.9 Å². The summed E-state index contributed by atoms with van der Waals surface area (Å²) in [5.74, 6) is -1.55. The molecule has 0 aromatic carbocycles. The molecule has 0 aliphatic heterocycles. The molecule has 0 aliphatic rings. The van der Waals surface area contributed by atoms with E-state index in [1.165, 1.54) is 13.2 Å². The third-order valence-corrected chi connectivity index (χ3v) is 4.87. The van der Waals surface area contributed by atoms with Crippen molar-refractivity contribution < 1.29 is 26.9 Å². The van der Waals surface area contributed by atoms with Crippen LogP contribution in [0, 0.1) is 5.41 Å². The summed E-state index contributed by atoms with van der Waals surface area (Å²) in [6.07, 6.45) is -4.17. The van der Waals surface area contributed by atoms with Gasteiger partial charge in [0.25, 0.3) is 5.91 Å². The van der Waals surface area contributed by atoms with E-state index in [1.807, 2.05) is 0 Å². The molecule has 1 amide bonds. The molecule has 2 unspecified atom stereocenters. The van der Waals surface area contributed by atoms with E-state index in [-0.39, 0.29) is 21.7 Å². The Morgan fingerprint density at radius 1 is 1.54 bits per heavy atom. The summed E-state index contributed by atoms with van der Waals surface area (Å²) >= 11 is 3.01. The van der Waals surface area contributed by atoms with Gasteiger partial charge in [-0.05, 0) is 29.8 Å². The molecule has 1 rings (SSSR count). The number of amides is 1. The summed E-state index contributed by atoms with van der Waals surface area (Å²) in [4.78, 5) is 16.2. The third kappa shape index (κ3) is 5.94. The molecule has 1 aromatic heterocycles. The summed E-state index contributed by atoms with van der Waals surface area (Å²) in [6.45, 7) is 2.24. The quantitative estimate of drug-likeness (QED) is 0.426. The molecule has 0 fully saturated rings. The van der Waals surface area contributed by atoms with Crippen LogP contribution in [0.25, 0.3) is 0 Å². The number of alkyl halides is 3. The summed E-state index contributed by atoms with van der Waals surface area (Å²) in [6, 6.07) is 1.03. The lowest BCUT2D eigenvalue weighted by atomic mass is 10.0. The highest BCUT2D eigenvalue weighted by molar-refractivity contribution is 9.10. The van der Waals surface area contributed by atoms with Crippen molar-refractivity contribution >= 4 is 38.5 Å². The first-order chi connectivity index (χ1) is 11.8. The van der Waals surface area contributed by atoms with Gasteiger partial charge in [-0.2, -0.15) is 13.2 Å². The number of hydrogen-bond donors (Lipinski definition) is 3. The molecule has 0 saturated carbocycles. The Morgan fingerprint density at radius 3 is 2.58 bits per heavy atom. The molecular weight excluding hydrogens is 441 g/mol. The highest BCUT2D eigenvalue weighted by Gasteiger charge is 2.38. The van der Waals surface area contributed by atoms with Crippen LogP contribution in [0.5, 0.6) is 5.75 Å². The van der Waals surface area contributed by atoms with Gasteiger partial charge in [0.05, 0.1) is 10.2 Å². The third-order valence-electron chi connectivity index (χ3n) is 3.29. The van der Waals surface area contributed by atoms with Gasteiger partial charge in [-0.25, -0.2) is 4.98 Å². The number of halogens is 4. The number of aromatic nitrogens is 1. The second kappa shape index (κ2) is 8.33. The normalized spacial score (nSPS) is 16.3. The predicted octanol–water partition coefficient (Wildman–Crippen LogP) is 1.98. The number of amidine groups is 1. The van der Waals surface area contributed by atoms with Crippen molar-refractivity contribution in [2.75, 3.05) is 12.0 Å². The largest absolute Gasteiger partial charge is 0.480 e. The number of carbonyl (C=O) groups is 1. The zero-order valence-corrected chi connectivity index (χ0v) is 16.5. The van der Waals surface area contributed by atoms with Crippen molar-refractivity contribution in [3.05, 3.63) is 22.4 Å². The monoisotopic (exact) mass is 458 g/mol. The zero-order valence-electron chi connectivity index (χ0n) is 14.1. The van der Waals surface area contributed by atoms with E-state index in [2.05, 4.69) is 26.2 Å². The maximum absolute atomic E-state index is 12.7. The van der Waals surface area contributed by atoms with E-state index in [1.54, 1.807) is 0 Å². The fourth-order valence-corrected chi connectivity index (χ4v) is 3.15. The van der Waals surface area contributed by atoms with Crippen LogP contribution in [0.1, 0.15) is 24.3 Å². The van der Waals surface area contributed by atoms with Gasteiger partial charge in [-0.3, -0.25) is 14.4 Å². The summed E-state index contributed by atoms with van der Waals surface area (Å²) in [5.41, 5.74) is 3.83. The predicted molar refractivity (Wildman–Crippen MR) is 94.8 cm³/mol. The average molecular weight is 459 g/mol. The van der Waals surface area contributed by atoms with Crippen LogP contribution in [-0.4, -0.2) is 50.8 Å². The average Bonchev–Trinajstić information content (AvgIpc) is 2.47. The van der Waals surface area contributed by atoms with Gasteiger partial charge in [0, 0.05) is 29.3 Å². The maximum Gasteiger partial charge on any atom is 0.425 e. The fraction of sp³-hybridized carbons (Fsp3) is 0.500. The number of hydrogen-bond acceptors (Lipinski definition) is 5. The molecule has 26 heavy (non-hydrogen) atoms. The fourth-order valence-electron chi connectivity index (χ4n) is 1.79. The van der Waals surface area contributed by atoms with Gasteiger partial charge in [0.15, 0.2) is 6.10 Å². The van der Waals surface area contributed by atoms with Crippen molar-refractivity contribution in [3.63, 3.8) is 0 Å². The van der Waals surface area contributed by atoms with Crippen molar-refractivity contribution in [1.29, 1.82) is 5.41 Å². The Kier molecular flexibility index (Phi) is 7.17. The Balaban J connectivity index is 3.08. The smallest absolute Gasteiger partial charge is 0.425 e. The Labute approximate surface area is 159 Å². The maximum atomic E-state index is 12.7. The number of pyridine rings is 1. The van der Waals surface area contributed by atoms with Crippen molar-refractivity contribution in [2.24, 2.45) is 5.73 Å². The molecule has 146 valence electrons. The van der Waals surface area contributed by atoms with Crippen molar-refractivity contribution in [3.8, 4) is 5.75 Å². The summed E-state index contributed by atoms with van der Waals surface area (Å²) in [7, 11) is -1.37. The number of nitrogens with two attached hydrogens (primary N) is 1. The second-order valence-electron chi connectivity index (χ2n) is 5.72. The number of ether oxygens (including phenoxy) is 1. The lowest BCUT2D eigenvalue weighted by molar-refractivity contribution is -0.189. The number of rotatable bonds is 7. The van der Waals surface area contributed by atoms with Crippen LogP contribution in [-0.2, 0) is 10.8 Å². The molecule has 0 saturated heterocycles. The van der Waals surface area contributed by atoms with Crippen LogP contribution < -0.4 is 15.8 Å². The van der Waals surface area contributed by atoms with Crippen molar-refractivity contribution in [2.45, 2.75) is 31.7 Å². The molecule has 0 spiro atoms. The molecule has 1 aromatic rings. The molecule has 3 atom stereocenters. The minimum Gasteiger partial charge on any atom is -0.480 e. The lowest BCUT2D eigenvalue weighted by Crippen LogP contribution is -2.58. The molecule has 7 nitrogen and oxygen atoms in total. The van der Waals surface area contributed by atoms with E-state index in [0.29, 0.717) is 0 Å². The summed E-state index contributed by atoms with van der Waals surface area (Å²) in [5, 5.41) is 10.0. The first-order valence-electron chi connectivity index (χ1n) is 7.12. The molecule has 12 heteroatoms. The Hall–Kier alpha value is -1.69. The molecule has 0 aliphatic carbocycles. The second-order valence-corrected chi connectivity index (χ2v) is 8.01. The van der Waals surface area contributed by atoms with E-state index in [4.69, 9.17) is 15.9 Å². The van der Waals surface area contributed by atoms with E-state index in [9.17, 15) is 22.2 Å². The highest BCUT2D eigenvalue weighted by Crippen LogP contribution is 2.30. The molecule has 0 bridgehead atoms. The van der Waals surface area contributed by atoms with E-state index in [0.717, 1.165) is 19.2 Å². The minimum atomic E-state index is -4.58. The van der Waals surface area contributed by atoms with Gasteiger partial charge in [0.1, 0.15) is 22.8 Å². The number of nitrogens with one attached hydrogen (secondary N) is 2. The first kappa shape index (κ1) is 22.4. The molecular formula is C14H18BrF3N4O3S. The van der Waals surface area contributed by atoms with Gasteiger partial charge < -0.3 is 15.8 Å². The van der Waals surface area contributed by atoms with Crippen LogP contribution in [0.4, 0.5) is 13.2 Å². The van der Waals surface area contributed by atoms with Crippen LogP contribution in [0.15, 0.2) is 16.7 Å². The van der Waals surface area contributed by atoms with Gasteiger partial charge in [-0.1, -0.05) is 0 Å². The van der Waals surface area contributed by atoms with Gasteiger partial charge in [0.2, 0.25) is 0 Å². The van der Waals surface area contributed by atoms with Crippen LogP contribution in [0.2, 0.25) is 0 Å². The van der Waals surface area contributed by atoms with Crippen molar-refractivity contribution in [1.82, 2.24) is 10.3 Å². The molecule has 1 heterocycles. The lowest BCUT2D eigenvalue weighted by Gasteiger charge is -2.28. The molecule has 0 radical (unpaired) electrons. The highest BCUT2D eigenvalue weighted by atomic mass is 79.9. The number of nitrogens with zero attached hydrogens (tertiary/aromatic N) is 1. The molecule has 4 N–H and O–H groups in total. The Bertz CT molecular complexity index is 732.